The van der Waals surface area contributed by atoms with E-state index in [-0.39, 0.29) is 25.4 Å². The molecule has 8 heteroatoms. The van der Waals surface area contributed by atoms with Gasteiger partial charge in [-0.1, -0.05) is 39.7 Å². The van der Waals surface area contributed by atoms with E-state index in [1.54, 1.807) is 36.4 Å². The zero-order valence-corrected chi connectivity index (χ0v) is 17.6. The van der Waals surface area contributed by atoms with Gasteiger partial charge >= 0.3 is 5.97 Å². The van der Waals surface area contributed by atoms with E-state index in [1.165, 1.54) is 0 Å². The number of esters is 1. The van der Waals surface area contributed by atoms with Crippen molar-refractivity contribution in [1.82, 2.24) is 0 Å². The molecular weight excluding hydrogens is 448 g/mol. The highest BCUT2D eigenvalue weighted by Crippen LogP contribution is 2.21. The molecule has 0 bridgehead atoms. The number of carbonyl (C=O) groups excluding carboxylic acids is 3. The molecule has 6 nitrogen and oxygen atoms in total. The van der Waals surface area contributed by atoms with E-state index < -0.39 is 11.9 Å². The predicted molar refractivity (Wildman–Crippen MR) is 112 cm³/mol. The number of nitrogens with one attached hydrogen (secondary N) is 2. The minimum absolute atomic E-state index is 0.0423. The third-order valence-corrected chi connectivity index (χ3v) is 4.96. The van der Waals surface area contributed by atoms with Crippen LogP contribution in [0.1, 0.15) is 24.8 Å². The normalized spacial score (nSPS) is 10.2. The Balaban J connectivity index is 1.65. The monoisotopic (exact) mass is 466 g/mol. The van der Waals surface area contributed by atoms with Crippen molar-refractivity contribution in [2.75, 3.05) is 17.2 Å². The van der Waals surface area contributed by atoms with Crippen molar-refractivity contribution < 1.29 is 19.1 Å². The molecule has 0 saturated heterocycles. The van der Waals surface area contributed by atoms with Gasteiger partial charge < -0.3 is 15.4 Å². The lowest BCUT2D eigenvalue weighted by Gasteiger charge is -2.08. The molecule has 0 radical (unpaired) electrons. The first kappa shape index (κ1) is 21.9. The number of anilines is 2. The van der Waals surface area contributed by atoms with Crippen LogP contribution in [-0.2, 0) is 19.1 Å². The lowest BCUT2D eigenvalue weighted by atomic mass is 10.2. The van der Waals surface area contributed by atoms with Gasteiger partial charge in [0.1, 0.15) is 0 Å². The zero-order valence-electron chi connectivity index (χ0n) is 15.3. The topological polar surface area (TPSA) is 84.5 Å². The maximum atomic E-state index is 11.9. The quantitative estimate of drug-likeness (QED) is 0.551. The molecule has 0 fully saturated rings. The number of ether oxygens (including phenoxy) is 1. The van der Waals surface area contributed by atoms with Gasteiger partial charge in [-0.2, -0.15) is 0 Å². The average Bonchev–Trinajstić information content (AvgIpc) is 2.65. The molecule has 0 heterocycles. The smallest absolute Gasteiger partial charge is 0.306 e. The maximum absolute atomic E-state index is 11.9. The molecule has 0 spiro atoms. The number of para-hydroxylation sites is 1. The Morgan fingerprint density at radius 3 is 2.50 bits per heavy atom. The van der Waals surface area contributed by atoms with E-state index in [0.29, 0.717) is 22.8 Å². The summed E-state index contributed by atoms with van der Waals surface area (Å²) in [5.74, 6) is -1.21. The van der Waals surface area contributed by atoms with Crippen LogP contribution < -0.4 is 10.6 Å². The van der Waals surface area contributed by atoms with Gasteiger partial charge in [-0.3, -0.25) is 14.4 Å². The molecular formula is C20H20BrClN2O4. The Labute approximate surface area is 176 Å². The van der Waals surface area contributed by atoms with Crippen molar-refractivity contribution in [1.29, 1.82) is 0 Å². The van der Waals surface area contributed by atoms with E-state index in [0.717, 1.165) is 10.0 Å². The lowest BCUT2D eigenvalue weighted by molar-refractivity contribution is -0.147. The number of rotatable bonds is 8. The van der Waals surface area contributed by atoms with Gasteiger partial charge in [0.05, 0.1) is 10.7 Å². The molecule has 0 unspecified atom stereocenters. The van der Waals surface area contributed by atoms with Crippen molar-refractivity contribution in [2.24, 2.45) is 0 Å². The fraction of sp³-hybridized carbons (Fsp3) is 0.250. The minimum atomic E-state index is -0.535. The van der Waals surface area contributed by atoms with Gasteiger partial charge in [-0.05, 0) is 49.2 Å². The largest absolute Gasteiger partial charge is 0.456 e. The van der Waals surface area contributed by atoms with E-state index in [1.807, 2.05) is 13.0 Å². The van der Waals surface area contributed by atoms with Crippen molar-refractivity contribution in [3.8, 4) is 0 Å². The number of benzene rings is 2. The number of hydrogen-bond donors (Lipinski definition) is 2. The number of aryl methyl sites for hydroxylation is 1. The van der Waals surface area contributed by atoms with Crippen molar-refractivity contribution in [3.05, 3.63) is 57.5 Å². The molecule has 0 saturated carbocycles. The fourth-order valence-corrected chi connectivity index (χ4v) is 2.74. The molecule has 2 amide bonds. The van der Waals surface area contributed by atoms with Gasteiger partial charge in [0.25, 0.3) is 5.91 Å². The van der Waals surface area contributed by atoms with Gasteiger partial charge in [0, 0.05) is 23.0 Å². The third kappa shape index (κ3) is 7.32. The van der Waals surface area contributed by atoms with Crippen LogP contribution in [0, 0.1) is 6.92 Å². The van der Waals surface area contributed by atoms with E-state index in [9.17, 15) is 14.4 Å². The first-order valence-electron chi connectivity index (χ1n) is 8.61. The Morgan fingerprint density at radius 2 is 1.79 bits per heavy atom. The second-order valence-corrected chi connectivity index (χ2v) is 7.32. The van der Waals surface area contributed by atoms with Crippen LogP contribution in [0.2, 0.25) is 5.02 Å². The van der Waals surface area contributed by atoms with Crippen LogP contribution in [0.15, 0.2) is 46.9 Å². The van der Waals surface area contributed by atoms with E-state index in [2.05, 4.69) is 26.6 Å². The summed E-state index contributed by atoms with van der Waals surface area (Å²) in [4.78, 5) is 35.5. The fourth-order valence-electron chi connectivity index (χ4n) is 2.31. The highest BCUT2D eigenvalue weighted by molar-refractivity contribution is 9.10. The SMILES string of the molecule is Cc1cc(NC(=O)COC(=O)CCCC(=O)Nc2ccccc2Cl)ccc1Br. The van der Waals surface area contributed by atoms with Crippen molar-refractivity contribution >= 4 is 56.7 Å². The van der Waals surface area contributed by atoms with Crippen LogP contribution >= 0.6 is 27.5 Å². The van der Waals surface area contributed by atoms with Crippen LogP contribution in [0.25, 0.3) is 0 Å². The molecule has 148 valence electrons. The van der Waals surface area contributed by atoms with Crippen LogP contribution in [0.3, 0.4) is 0 Å². The second kappa shape index (κ2) is 10.8. The summed E-state index contributed by atoms with van der Waals surface area (Å²) in [5.41, 5.74) is 2.12. The minimum Gasteiger partial charge on any atom is -0.456 e. The number of hydrogen-bond acceptors (Lipinski definition) is 4. The highest BCUT2D eigenvalue weighted by atomic mass is 79.9. The van der Waals surface area contributed by atoms with Crippen molar-refractivity contribution in [2.45, 2.75) is 26.2 Å². The van der Waals surface area contributed by atoms with E-state index in [4.69, 9.17) is 16.3 Å². The maximum Gasteiger partial charge on any atom is 0.306 e. The Bertz CT molecular complexity index is 873. The molecule has 2 aromatic rings. The summed E-state index contributed by atoms with van der Waals surface area (Å²) in [6.45, 7) is 1.53. The van der Waals surface area contributed by atoms with Gasteiger partial charge in [-0.15, -0.1) is 0 Å². The van der Waals surface area contributed by atoms with E-state index >= 15 is 0 Å². The number of carbonyl (C=O) groups is 3. The first-order valence-corrected chi connectivity index (χ1v) is 9.78. The average molecular weight is 468 g/mol. The number of amides is 2. The highest BCUT2D eigenvalue weighted by Gasteiger charge is 2.10. The Morgan fingerprint density at radius 1 is 1.04 bits per heavy atom. The van der Waals surface area contributed by atoms with Crippen molar-refractivity contribution in [3.63, 3.8) is 0 Å². The Hall–Kier alpha value is -2.38. The van der Waals surface area contributed by atoms with Crippen LogP contribution in [0.5, 0.6) is 0 Å². The third-order valence-electron chi connectivity index (χ3n) is 3.74. The summed E-state index contributed by atoms with van der Waals surface area (Å²) in [6, 6.07) is 12.3. The first-order chi connectivity index (χ1) is 13.3. The Kier molecular flexibility index (Phi) is 8.47. The molecule has 0 aromatic heterocycles. The standard InChI is InChI=1S/C20H20BrClN2O4/c1-13-11-14(9-10-15(13)21)23-19(26)12-28-20(27)8-4-7-18(25)24-17-6-3-2-5-16(17)22/h2-3,5-6,9-11H,4,7-8,12H2,1H3,(H,23,26)(H,24,25). The second-order valence-electron chi connectivity index (χ2n) is 6.05. The summed E-state index contributed by atoms with van der Waals surface area (Å²) >= 11 is 9.35. The van der Waals surface area contributed by atoms with Crippen LogP contribution in [-0.4, -0.2) is 24.4 Å². The summed E-state index contributed by atoms with van der Waals surface area (Å²) < 4.78 is 5.88. The van der Waals surface area contributed by atoms with Gasteiger partial charge in [0.15, 0.2) is 6.61 Å². The molecule has 0 atom stereocenters. The van der Waals surface area contributed by atoms with Crippen LogP contribution in [0.4, 0.5) is 11.4 Å². The molecule has 2 aromatic carbocycles. The number of halogens is 2. The summed E-state index contributed by atoms with van der Waals surface area (Å²) in [5, 5.41) is 5.78. The van der Waals surface area contributed by atoms with Gasteiger partial charge in [-0.25, -0.2) is 0 Å². The molecule has 2 rings (SSSR count). The predicted octanol–water partition coefficient (Wildman–Crippen LogP) is 4.70. The summed E-state index contributed by atoms with van der Waals surface area (Å²) in [6.07, 6.45) is 0.494. The molecule has 0 aliphatic rings. The molecule has 2 N–H and O–H groups in total. The molecule has 0 aliphatic heterocycles. The van der Waals surface area contributed by atoms with Gasteiger partial charge in [0.2, 0.25) is 5.91 Å². The molecule has 28 heavy (non-hydrogen) atoms. The molecule has 0 aliphatic carbocycles. The summed E-state index contributed by atoms with van der Waals surface area (Å²) in [7, 11) is 0. The zero-order chi connectivity index (χ0) is 20.5. The lowest BCUT2D eigenvalue weighted by Crippen LogP contribution is -2.21.